The number of esters is 1. The normalized spacial score (nSPS) is 13.8. The van der Waals surface area contributed by atoms with Crippen molar-refractivity contribution in [1.82, 2.24) is 20.5 Å². The molecule has 1 heterocycles. The smallest absolute Gasteiger partial charge is 0.350 e. The van der Waals surface area contributed by atoms with Crippen molar-refractivity contribution in [3.05, 3.63) is 51.0 Å². The van der Waals surface area contributed by atoms with Gasteiger partial charge in [0.15, 0.2) is 5.96 Å². The molecule has 0 bridgehead atoms. The van der Waals surface area contributed by atoms with Crippen LogP contribution in [0.15, 0.2) is 29.3 Å². The minimum atomic E-state index is -0.319. The van der Waals surface area contributed by atoms with Crippen LogP contribution in [0, 0.1) is 13.8 Å². The number of hydrogen-bond acceptors (Lipinski definition) is 6. The van der Waals surface area contributed by atoms with E-state index in [-0.39, 0.29) is 18.1 Å². The summed E-state index contributed by atoms with van der Waals surface area (Å²) in [4.78, 5) is 23.7. The third kappa shape index (κ3) is 6.27. The van der Waals surface area contributed by atoms with Crippen LogP contribution >= 0.6 is 11.3 Å². The molecule has 2 rings (SSSR count). The predicted molar refractivity (Wildman–Crippen MR) is 123 cm³/mol. The fourth-order valence-electron chi connectivity index (χ4n) is 3.03. The topological polar surface area (TPSA) is 78.8 Å². The number of nitrogens with zero attached hydrogens (tertiary/aromatic N) is 3. The first-order valence-electron chi connectivity index (χ1n) is 10.1. The van der Waals surface area contributed by atoms with Crippen molar-refractivity contribution in [2.45, 2.75) is 39.8 Å². The Balaban J connectivity index is 2.03. The molecule has 0 radical (unpaired) electrons. The van der Waals surface area contributed by atoms with Crippen LogP contribution in [0.1, 0.15) is 57.4 Å². The molecule has 0 aliphatic carbocycles. The maximum Gasteiger partial charge on any atom is 0.350 e. The Morgan fingerprint density at radius 3 is 2.50 bits per heavy atom. The van der Waals surface area contributed by atoms with E-state index in [0.717, 1.165) is 5.01 Å². The SMILES string of the molecule is CCOC(=O)c1sc(C(C)NC(=NC)NCC(c2ccc(C)cc2)N(C)C)nc1C. The summed E-state index contributed by atoms with van der Waals surface area (Å²) in [5.41, 5.74) is 3.18. The number of rotatable bonds is 8. The van der Waals surface area contributed by atoms with Crippen LogP contribution in [0.2, 0.25) is 0 Å². The minimum Gasteiger partial charge on any atom is -0.462 e. The number of guanidine groups is 1. The van der Waals surface area contributed by atoms with Gasteiger partial charge in [0.2, 0.25) is 0 Å². The Hall–Kier alpha value is -2.45. The summed E-state index contributed by atoms with van der Waals surface area (Å²) in [6.45, 7) is 8.77. The molecule has 30 heavy (non-hydrogen) atoms. The zero-order chi connectivity index (χ0) is 22.3. The molecule has 0 fully saturated rings. The molecule has 7 nitrogen and oxygen atoms in total. The fourth-order valence-corrected chi connectivity index (χ4v) is 3.99. The van der Waals surface area contributed by atoms with E-state index in [1.165, 1.54) is 22.5 Å². The number of aryl methyl sites for hydroxylation is 2. The van der Waals surface area contributed by atoms with Crippen molar-refractivity contribution >= 4 is 23.3 Å². The number of ether oxygens (including phenoxy) is 1. The predicted octanol–water partition coefficient (Wildman–Crippen LogP) is 3.47. The van der Waals surface area contributed by atoms with Crippen molar-refractivity contribution in [2.24, 2.45) is 4.99 Å². The lowest BCUT2D eigenvalue weighted by atomic mass is 10.0. The second kappa shape index (κ2) is 11.1. The van der Waals surface area contributed by atoms with Gasteiger partial charge in [-0.05, 0) is 47.4 Å². The lowest BCUT2D eigenvalue weighted by molar-refractivity contribution is 0.0531. The number of carbonyl (C=O) groups is 1. The molecule has 0 amide bonds. The maximum atomic E-state index is 12.1. The zero-order valence-corrected chi connectivity index (χ0v) is 19.8. The molecule has 1 aromatic heterocycles. The van der Waals surface area contributed by atoms with Gasteiger partial charge in [0.05, 0.1) is 24.4 Å². The van der Waals surface area contributed by atoms with E-state index in [9.17, 15) is 4.79 Å². The summed E-state index contributed by atoms with van der Waals surface area (Å²) in [6, 6.07) is 8.70. The van der Waals surface area contributed by atoms with Gasteiger partial charge in [-0.15, -0.1) is 11.3 Å². The van der Waals surface area contributed by atoms with E-state index < -0.39 is 0 Å². The van der Waals surface area contributed by atoms with Crippen LogP contribution < -0.4 is 10.6 Å². The quantitative estimate of drug-likeness (QED) is 0.379. The average molecular weight is 432 g/mol. The summed E-state index contributed by atoms with van der Waals surface area (Å²) < 4.78 is 5.11. The van der Waals surface area contributed by atoms with Crippen LogP contribution in [0.4, 0.5) is 0 Å². The highest BCUT2D eigenvalue weighted by Gasteiger charge is 2.21. The minimum absolute atomic E-state index is 0.0970. The number of thiazole rings is 1. The summed E-state index contributed by atoms with van der Waals surface area (Å²) in [5, 5.41) is 7.60. The first-order valence-corrected chi connectivity index (χ1v) is 10.9. The molecule has 2 aromatic rings. The molecule has 2 N–H and O–H groups in total. The largest absolute Gasteiger partial charge is 0.462 e. The highest BCUT2D eigenvalue weighted by Crippen LogP contribution is 2.24. The monoisotopic (exact) mass is 431 g/mol. The van der Waals surface area contributed by atoms with Crippen LogP contribution in [0.3, 0.4) is 0 Å². The molecule has 1 aromatic carbocycles. The first kappa shape index (κ1) is 23.8. The number of hydrogen-bond donors (Lipinski definition) is 2. The molecule has 0 saturated heterocycles. The van der Waals surface area contributed by atoms with Crippen molar-refractivity contribution in [3.8, 4) is 0 Å². The Bertz CT molecular complexity index is 861. The lowest BCUT2D eigenvalue weighted by Gasteiger charge is -2.26. The summed E-state index contributed by atoms with van der Waals surface area (Å²) in [5.74, 6) is 0.368. The molecule has 0 aliphatic heterocycles. The van der Waals surface area contributed by atoms with Gasteiger partial charge in [-0.3, -0.25) is 4.99 Å². The van der Waals surface area contributed by atoms with E-state index in [1.54, 1.807) is 14.0 Å². The molecule has 0 aliphatic rings. The molecular weight excluding hydrogens is 398 g/mol. The third-order valence-corrected chi connectivity index (χ3v) is 6.09. The average Bonchev–Trinajstić information content (AvgIpc) is 3.10. The first-order chi connectivity index (χ1) is 14.3. The molecule has 0 saturated carbocycles. The van der Waals surface area contributed by atoms with Crippen LogP contribution in [-0.2, 0) is 4.74 Å². The van der Waals surface area contributed by atoms with Crippen molar-refractivity contribution in [2.75, 3.05) is 34.3 Å². The number of aromatic nitrogens is 1. The third-order valence-electron chi connectivity index (χ3n) is 4.77. The second-order valence-corrected chi connectivity index (χ2v) is 8.43. The Labute approximate surface area is 183 Å². The van der Waals surface area contributed by atoms with Gasteiger partial charge in [0.1, 0.15) is 9.88 Å². The van der Waals surface area contributed by atoms with Crippen LogP contribution in [0.5, 0.6) is 0 Å². The van der Waals surface area contributed by atoms with E-state index >= 15 is 0 Å². The van der Waals surface area contributed by atoms with Crippen LogP contribution in [-0.4, -0.2) is 56.1 Å². The molecule has 8 heteroatoms. The molecule has 2 unspecified atom stereocenters. The Kier molecular flexibility index (Phi) is 8.80. The number of likely N-dealkylation sites (N-methyl/N-ethyl adjacent to an activating group) is 1. The van der Waals surface area contributed by atoms with Gasteiger partial charge in [-0.2, -0.15) is 0 Å². The standard InChI is InChI=1S/C22H33N5O2S/c1-8-29-21(28)19-15(3)25-20(30-19)16(4)26-22(23-5)24-13-18(27(6)7)17-11-9-14(2)10-12-17/h9-12,16,18H,8,13H2,1-7H3,(H2,23,24,26). The molecular formula is C22H33N5O2S. The van der Waals surface area contributed by atoms with E-state index in [1.807, 2.05) is 13.8 Å². The number of aliphatic imine (C=N–C) groups is 1. The second-order valence-electron chi connectivity index (χ2n) is 7.40. The Morgan fingerprint density at radius 1 is 1.27 bits per heavy atom. The van der Waals surface area contributed by atoms with Gasteiger partial charge in [0, 0.05) is 13.6 Å². The van der Waals surface area contributed by atoms with Crippen molar-refractivity contribution < 1.29 is 9.53 Å². The van der Waals surface area contributed by atoms with E-state index in [0.29, 0.717) is 29.7 Å². The number of benzene rings is 1. The van der Waals surface area contributed by atoms with Crippen molar-refractivity contribution in [1.29, 1.82) is 0 Å². The summed E-state index contributed by atoms with van der Waals surface area (Å²) in [6.07, 6.45) is 0. The van der Waals surface area contributed by atoms with Gasteiger partial charge in [0.25, 0.3) is 0 Å². The number of nitrogens with one attached hydrogen (secondary N) is 2. The number of carbonyl (C=O) groups excluding carboxylic acids is 1. The summed E-state index contributed by atoms with van der Waals surface area (Å²) >= 11 is 1.36. The summed E-state index contributed by atoms with van der Waals surface area (Å²) in [7, 11) is 5.89. The van der Waals surface area contributed by atoms with Crippen molar-refractivity contribution in [3.63, 3.8) is 0 Å². The van der Waals surface area contributed by atoms with E-state index in [4.69, 9.17) is 4.74 Å². The molecule has 2 atom stereocenters. The van der Waals surface area contributed by atoms with Gasteiger partial charge >= 0.3 is 5.97 Å². The maximum absolute atomic E-state index is 12.1. The van der Waals surface area contributed by atoms with E-state index in [2.05, 4.69) is 70.8 Å². The molecule has 0 spiro atoms. The zero-order valence-electron chi connectivity index (χ0n) is 18.9. The lowest BCUT2D eigenvalue weighted by Crippen LogP contribution is -2.42. The highest BCUT2D eigenvalue weighted by atomic mass is 32.1. The fraction of sp³-hybridized carbons (Fsp3) is 0.500. The van der Waals surface area contributed by atoms with Gasteiger partial charge < -0.3 is 20.3 Å². The highest BCUT2D eigenvalue weighted by molar-refractivity contribution is 7.13. The van der Waals surface area contributed by atoms with Gasteiger partial charge in [-0.1, -0.05) is 29.8 Å². The molecule has 164 valence electrons. The van der Waals surface area contributed by atoms with Crippen LogP contribution in [0.25, 0.3) is 0 Å². The Morgan fingerprint density at radius 2 is 1.93 bits per heavy atom. The van der Waals surface area contributed by atoms with Gasteiger partial charge in [-0.25, -0.2) is 9.78 Å².